The second kappa shape index (κ2) is 4.35. The lowest BCUT2D eigenvalue weighted by molar-refractivity contribution is -0.116. The monoisotopic (exact) mass is 250 g/mol. The van der Waals surface area contributed by atoms with Crippen molar-refractivity contribution in [1.29, 1.82) is 0 Å². The van der Waals surface area contributed by atoms with E-state index >= 15 is 0 Å². The Labute approximate surface area is 111 Å². The molecule has 0 fully saturated rings. The van der Waals surface area contributed by atoms with Gasteiger partial charge in [0.25, 0.3) is 0 Å². The zero-order chi connectivity index (χ0) is 13.4. The number of anilines is 1. The molecule has 0 saturated heterocycles. The summed E-state index contributed by atoms with van der Waals surface area (Å²) in [4.78, 5) is 18.1. The van der Waals surface area contributed by atoms with Crippen molar-refractivity contribution in [2.24, 2.45) is 0 Å². The van der Waals surface area contributed by atoms with Gasteiger partial charge < -0.3 is 4.90 Å². The van der Waals surface area contributed by atoms with Crippen molar-refractivity contribution in [2.45, 2.75) is 6.92 Å². The van der Waals surface area contributed by atoms with E-state index in [9.17, 15) is 4.79 Å². The van der Waals surface area contributed by atoms with Crippen molar-refractivity contribution >= 4 is 33.4 Å². The second-order valence-electron chi connectivity index (χ2n) is 4.57. The van der Waals surface area contributed by atoms with E-state index in [0.29, 0.717) is 0 Å². The number of fused-ring (bicyclic) bond motifs is 2. The standard InChI is InChI=1S/C16H14N2O/c1-11(19)18(2)16-12-7-3-5-9-14(12)17-15-10-6-4-8-13(15)16/h3-10H,1-2H3. The number of aromatic nitrogens is 1. The summed E-state index contributed by atoms with van der Waals surface area (Å²) in [5.41, 5.74) is 2.74. The van der Waals surface area contributed by atoms with Gasteiger partial charge in [0, 0.05) is 24.7 Å². The summed E-state index contributed by atoms with van der Waals surface area (Å²) in [5, 5.41) is 2.00. The minimum absolute atomic E-state index is 0.0153. The van der Waals surface area contributed by atoms with E-state index in [2.05, 4.69) is 4.98 Å². The van der Waals surface area contributed by atoms with E-state index in [1.54, 1.807) is 18.9 Å². The number of nitrogens with zero attached hydrogens (tertiary/aromatic N) is 2. The lowest BCUT2D eigenvalue weighted by atomic mass is 10.1. The van der Waals surface area contributed by atoms with Gasteiger partial charge in [-0.05, 0) is 12.1 Å². The molecule has 3 heteroatoms. The number of benzene rings is 2. The van der Waals surface area contributed by atoms with Crippen LogP contribution in [0.4, 0.5) is 5.69 Å². The van der Waals surface area contributed by atoms with E-state index < -0.39 is 0 Å². The third kappa shape index (κ3) is 1.83. The first-order chi connectivity index (χ1) is 9.18. The fourth-order valence-electron chi connectivity index (χ4n) is 2.34. The molecule has 0 radical (unpaired) electrons. The molecule has 0 saturated carbocycles. The second-order valence-corrected chi connectivity index (χ2v) is 4.57. The Morgan fingerprint density at radius 2 is 1.42 bits per heavy atom. The Kier molecular flexibility index (Phi) is 2.67. The molecule has 2 aromatic carbocycles. The Morgan fingerprint density at radius 1 is 0.947 bits per heavy atom. The van der Waals surface area contributed by atoms with E-state index in [1.165, 1.54) is 0 Å². The summed E-state index contributed by atoms with van der Waals surface area (Å²) in [7, 11) is 1.80. The van der Waals surface area contributed by atoms with Gasteiger partial charge in [0.05, 0.1) is 16.7 Å². The zero-order valence-electron chi connectivity index (χ0n) is 10.9. The van der Waals surface area contributed by atoms with Crippen molar-refractivity contribution in [1.82, 2.24) is 4.98 Å². The smallest absolute Gasteiger partial charge is 0.223 e. The highest BCUT2D eigenvalue weighted by atomic mass is 16.2. The van der Waals surface area contributed by atoms with Crippen LogP contribution in [0.5, 0.6) is 0 Å². The van der Waals surface area contributed by atoms with Crippen LogP contribution in [0.15, 0.2) is 48.5 Å². The van der Waals surface area contributed by atoms with Gasteiger partial charge in [0.15, 0.2) is 0 Å². The Morgan fingerprint density at radius 3 is 1.89 bits per heavy atom. The first-order valence-electron chi connectivity index (χ1n) is 6.20. The maximum Gasteiger partial charge on any atom is 0.223 e. The van der Waals surface area contributed by atoms with Crippen LogP contribution in [0.1, 0.15) is 6.92 Å². The average Bonchev–Trinajstić information content (AvgIpc) is 2.43. The fraction of sp³-hybridized carbons (Fsp3) is 0.125. The highest BCUT2D eigenvalue weighted by Gasteiger charge is 2.14. The van der Waals surface area contributed by atoms with Gasteiger partial charge in [0.2, 0.25) is 5.91 Å². The highest BCUT2D eigenvalue weighted by molar-refractivity contribution is 6.13. The Bertz CT molecular complexity index is 726. The molecule has 3 aromatic rings. The predicted octanol–water partition coefficient (Wildman–Crippen LogP) is 3.37. The van der Waals surface area contributed by atoms with E-state index in [4.69, 9.17) is 0 Å². The van der Waals surface area contributed by atoms with Gasteiger partial charge in [0.1, 0.15) is 0 Å². The number of hydrogen-bond donors (Lipinski definition) is 0. The van der Waals surface area contributed by atoms with Crippen LogP contribution < -0.4 is 4.90 Å². The third-order valence-electron chi connectivity index (χ3n) is 3.37. The van der Waals surface area contributed by atoms with Gasteiger partial charge in [-0.1, -0.05) is 36.4 Å². The average molecular weight is 250 g/mol. The largest absolute Gasteiger partial charge is 0.314 e. The molecule has 19 heavy (non-hydrogen) atoms. The molecule has 0 aliphatic rings. The van der Waals surface area contributed by atoms with Gasteiger partial charge in [-0.2, -0.15) is 0 Å². The number of para-hydroxylation sites is 2. The topological polar surface area (TPSA) is 33.2 Å². The lowest BCUT2D eigenvalue weighted by Crippen LogP contribution is -2.23. The molecule has 0 aliphatic carbocycles. The minimum atomic E-state index is 0.0153. The predicted molar refractivity (Wildman–Crippen MR) is 78.3 cm³/mol. The van der Waals surface area contributed by atoms with Crippen LogP contribution in [-0.2, 0) is 4.79 Å². The summed E-state index contributed by atoms with van der Waals surface area (Å²) < 4.78 is 0. The molecule has 3 rings (SSSR count). The molecule has 3 nitrogen and oxygen atoms in total. The minimum Gasteiger partial charge on any atom is -0.314 e. The molecular weight excluding hydrogens is 236 g/mol. The van der Waals surface area contributed by atoms with Gasteiger partial charge in [-0.15, -0.1) is 0 Å². The fourth-order valence-corrected chi connectivity index (χ4v) is 2.34. The number of carbonyl (C=O) groups is 1. The molecule has 94 valence electrons. The number of rotatable bonds is 1. The summed E-state index contributed by atoms with van der Waals surface area (Å²) in [5.74, 6) is 0.0153. The van der Waals surface area contributed by atoms with Crippen molar-refractivity contribution < 1.29 is 4.79 Å². The molecule has 0 atom stereocenters. The van der Waals surface area contributed by atoms with Gasteiger partial charge in [-0.3, -0.25) is 4.79 Å². The first kappa shape index (κ1) is 11.7. The maximum atomic E-state index is 11.7. The zero-order valence-corrected chi connectivity index (χ0v) is 10.9. The van der Waals surface area contributed by atoms with E-state index in [0.717, 1.165) is 27.5 Å². The summed E-state index contributed by atoms with van der Waals surface area (Å²) in [6, 6.07) is 15.8. The number of carbonyl (C=O) groups excluding carboxylic acids is 1. The molecule has 0 unspecified atom stereocenters. The van der Waals surface area contributed by atoms with E-state index in [1.807, 2.05) is 48.5 Å². The molecule has 0 N–H and O–H groups in total. The van der Waals surface area contributed by atoms with Crippen LogP contribution in [0, 0.1) is 0 Å². The van der Waals surface area contributed by atoms with Crippen LogP contribution in [0.2, 0.25) is 0 Å². The quantitative estimate of drug-likeness (QED) is 0.620. The molecule has 1 amide bonds. The molecule has 1 heterocycles. The van der Waals surface area contributed by atoms with Crippen LogP contribution in [0.25, 0.3) is 21.8 Å². The number of pyridine rings is 1. The van der Waals surface area contributed by atoms with Crippen molar-refractivity contribution in [3.63, 3.8) is 0 Å². The van der Waals surface area contributed by atoms with Crippen LogP contribution in [-0.4, -0.2) is 17.9 Å². The Hall–Kier alpha value is -2.42. The number of hydrogen-bond acceptors (Lipinski definition) is 2. The molecule has 1 aromatic heterocycles. The molecule has 0 bridgehead atoms. The normalized spacial score (nSPS) is 10.8. The molecule has 0 aliphatic heterocycles. The van der Waals surface area contributed by atoms with Crippen LogP contribution >= 0.6 is 0 Å². The van der Waals surface area contributed by atoms with Crippen molar-refractivity contribution in [2.75, 3.05) is 11.9 Å². The van der Waals surface area contributed by atoms with Crippen molar-refractivity contribution in [3.8, 4) is 0 Å². The molecule has 0 spiro atoms. The Balaban J connectivity index is 2.49. The van der Waals surface area contributed by atoms with Gasteiger partial charge >= 0.3 is 0 Å². The first-order valence-corrected chi connectivity index (χ1v) is 6.20. The third-order valence-corrected chi connectivity index (χ3v) is 3.37. The molecular formula is C16H14N2O. The number of amides is 1. The highest BCUT2D eigenvalue weighted by Crippen LogP contribution is 2.32. The summed E-state index contributed by atoms with van der Waals surface area (Å²) >= 11 is 0. The van der Waals surface area contributed by atoms with E-state index in [-0.39, 0.29) is 5.91 Å². The maximum absolute atomic E-state index is 11.7. The van der Waals surface area contributed by atoms with Gasteiger partial charge in [-0.25, -0.2) is 4.98 Å². The lowest BCUT2D eigenvalue weighted by Gasteiger charge is -2.19. The SMILES string of the molecule is CC(=O)N(C)c1c2ccccc2nc2ccccc12. The summed E-state index contributed by atoms with van der Waals surface area (Å²) in [6.45, 7) is 1.57. The summed E-state index contributed by atoms with van der Waals surface area (Å²) in [6.07, 6.45) is 0. The van der Waals surface area contributed by atoms with Crippen molar-refractivity contribution in [3.05, 3.63) is 48.5 Å². The van der Waals surface area contributed by atoms with Crippen LogP contribution in [0.3, 0.4) is 0 Å².